The van der Waals surface area contributed by atoms with Crippen LogP contribution >= 0.6 is 31.9 Å². The summed E-state index contributed by atoms with van der Waals surface area (Å²) in [5.41, 5.74) is 4.97. The summed E-state index contributed by atoms with van der Waals surface area (Å²) >= 11 is 6.98. The van der Waals surface area contributed by atoms with Crippen molar-refractivity contribution in [1.82, 2.24) is 0 Å². The Balaban J connectivity index is 2.02. The molecule has 0 aromatic heterocycles. The van der Waals surface area contributed by atoms with Gasteiger partial charge in [-0.3, -0.25) is 0 Å². The predicted molar refractivity (Wildman–Crippen MR) is 89.9 cm³/mol. The lowest BCUT2D eigenvalue weighted by Crippen LogP contribution is -1.99. The van der Waals surface area contributed by atoms with E-state index >= 15 is 0 Å². The molecule has 0 amide bonds. The molecule has 0 fully saturated rings. The van der Waals surface area contributed by atoms with Crippen LogP contribution < -0.4 is 4.74 Å². The summed E-state index contributed by atoms with van der Waals surface area (Å²) < 4.78 is 19.4. The summed E-state index contributed by atoms with van der Waals surface area (Å²) in [6, 6.07) is 9.79. The molecule has 3 rings (SSSR count). The second-order valence-electron chi connectivity index (χ2n) is 5.25. The van der Waals surface area contributed by atoms with Gasteiger partial charge in [0.25, 0.3) is 0 Å². The lowest BCUT2D eigenvalue weighted by atomic mass is 10.00. The Morgan fingerprint density at radius 3 is 2.67 bits per heavy atom. The molecule has 0 spiro atoms. The molecule has 1 aliphatic rings. The van der Waals surface area contributed by atoms with Crippen LogP contribution in [0.4, 0.5) is 4.39 Å². The number of ether oxygens (including phenoxy) is 1. The first kappa shape index (κ1) is 15.0. The lowest BCUT2D eigenvalue weighted by molar-refractivity contribution is 0.406. The van der Waals surface area contributed by atoms with Crippen molar-refractivity contribution in [2.24, 2.45) is 0 Å². The number of rotatable bonds is 3. The minimum atomic E-state index is -0.316. The van der Waals surface area contributed by atoms with Crippen molar-refractivity contribution in [2.45, 2.75) is 24.1 Å². The molecule has 110 valence electrons. The summed E-state index contributed by atoms with van der Waals surface area (Å²) in [5.74, 6) is 0.238. The summed E-state index contributed by atoms with van der Waals surface area (Å²) in [6.45, 7) is 0. The summed E-state index contributed by atoms with van der Waals surface area (Å²) in [6.07, 6.45) is 3.55. The number of aryl methyl sites for hydroxylation is 2. The van der Waals surface area contributed by atoms with Crippen molar-refractivity contribution in [1.29, 1.82) is 0 Å². The topological polar surface area (TPSA) is 9.23 Å². The molecule has 0 N–H and O–H groups in total. The average molecular weight is 414 g/mol. The van der Waals surface area contributed by atoms with Gasteiger partial charge in [0.15, 0.2) is 0 Å². The highest BCUT2D eigenvalue weighted by Crippen LogP contribution is 2.40. The molecule has 0 aliphatic heterocycles. The van der Waals surface area contributed by atoms with Crippen LogP contribution in [0, 0.1) is 5.82 Å². The van der Waals surface area contributed by atoms with E-state index in [1.807, 2.05) is 0 Å². The molecule has 1 atom stereocenters. The third-order valence-electron chi connectivity index (χ3n) is 3.96. The first-order valence-corrected chi connectivity index (χ1v) is 8.59. The van der Waals surface area contributed by atoms with E-state index in [4.69, 9.17) is 4.74 Å². The quantitative estimate of drug-likeness (QED) is 0.597. The smallest absolute Gasteiger partial charge is 0.141 e. The second-order valence-corrected chi connectivity index (χ2v) is 7.02. The molecular weight excluding hydrogens is 399 g/mol. The van der Waals surface area contributed by atoms with E-state index in [9.17, 15) is 4.39 Å². The molecule has 0 bridgehead atoms. The third kappa shape index (κ3) is 2.88. The highest BCUT2D eigenvalue weighted by atomic mass is 79.9. The number of methoxy groups -OCH3 is 1. The second kappa shape index (κ2) is 6.09. The Bertz CT molecular complexity index is 685. The van der Waals surface area contributed by atoms with Crippen LogP contribution in [0.3, 0.4) is 0 Å². The van der Waals surface area contributed by atoms with E-state index in [0.29, 0.717) is 10.2 Å². The van der Waals surface area contributed by atoms with E-state index in [1.165, 1.54) is 35.6 Å². The summed E-state index contributed by atoms with van der Waals surface area (Å²) in [4.78, 5) is -0.0183. The van der Waals surface area contributed by atoms with Crippen LogP contribution in [0.1, 0.15) is 33.5 Å². The minimum absolute atomic E-state index is 0.0183. The van der Waals surface area contributed by atoms with Crippen molar-refractivity contribution in [3.8, 4) is 5.75 Å². The van der Waals surface area contributed by atoms with Gasteiger partial charge in [0.2, 0.25) is 0 Å². The number of benzene rings is 2. The first-order valence-electron chi connectivity index (χ1n) is 6.89. The Hall–Kier alpha value is -0.870. The maximum absolute atomic E-state index is 13.6. The molecular formula is C17H15Br2FO. The van der Waals surface area contributed by atoms with Crippen molar-refractivity contribution >= 4 is 31.9 Å². The van der Waals surface area contributed by atoms with Gasteiger partial charge in [0, 0.05) is 11.6 Å². The largest absolute Gasteiger partial charge is 0.496 e. The monoisotopic (exact) mass is 412 g/mol. The van der Waals surface area contributed by atoms with Crippen LogP contribution in [-0.2, 0) is 12.8 Å². The lowest BCUT2D eigenvalue weighted by Gasteiger charge is -2.16. The van der Waals surface area contributed by atoms with Crippen LogP contribution in [0.5, 0.6) is 5.75 Å². The third-order valence-corrected chi connectivity index (χ3v) is 5.59. The van der Waals surface area contributed by atoms with Crippen LogP contribution in [-0.4, -0.2) is 7.11 Å². The highest BCUT2D eigenvalue weighted by molar-refractivity contribution is 9.10. The molecule has 2 aromatic rings. The standard InChI is InChI=1S/C17H15Br2FO/c1-21-16-9-15(20)14(18)8-13(16)17(19)12-6-5-10-3-2-4-11(10)7-12/h5-9,17H,2-4H2,1H3. The zero-order chi connectivity index (χ0) is 15.0. The minimum Gasteiger partial charge on any atom is -0.496 e. The van der Waals surface area contributed by atoms with Crippen molar-refractivity contribution in [2.75, 3.05) is 7.11 Å². The zero-order valence-electron chi connectivity index (χ0n) is 11.6. The van der Waals surface area contributed by atoms with Crippen molar-refractivity contribution in [3.05, 3.63) is 62.9 Å². The van der Waals surface area contributed by atoms with Gasteiger partial charge in [-0.25, -0.2) is 4.39 Å². The number of alkyl halides is 1. The summed E-state index contributed by atoms with van der Waals surface area (Å²) in [5, 5.41) is 0. The van der Waals surface area contributed by atoms with Gasteiger partial charge >= 0.3 is 0 Å². The van der Waals surface area contributed by atoms with E-state index in [0.717, 1.165) is 12.0 Å². The van der Waals surface area contributed by atoms with Crippen molar-refractivity contribution in [3.63, 3.8) is 0 Å². The van der Waals surface area contributed by atoms with E-state index in [2.05, 4.69) is 50.1 Å². The Morgan fingerprint density at radius 2 is 1.90 bits per heavy atom. The maximum Gasteiger partial charge on any atom is 0.141 e. The zero-order valence-corrected chi connectivity index (χ0v) is 14.8. The fraction of sp³-hybridized carbons (Fsp3) is 0.294. The fourth-order valence-corrected chi connectivity index (χ4v) is 3.85. The highest BCUT2D eigenvalue weighted by Gasteiger charge is 2.20. The number of hydrogen-bond donors (Lipinski definition) is 0. The Kier molecular flexibility index (Phi) is 4.36. The number of halogens is 3. The van der Waals surface area contributed by atoms with Gasteiger partial charge in [0.1, 0.15) is 11.6 Å². The molecule has 1 nitrogen and oxygen atoms in total. The molecule has 0 saturated carbocycles. The molecule has 4 heteroatoms. The van der Waals surface area contributed by atoms with E-state index < -0.39 is 0 Å². The van der Waals surface area contributed by atoms with Gasteiger partial charge in [-0.1, -0.05) is 34.1 Å². The average Bonchev–Trinajstić information content (AvgIpc) is 2.96. The van der Waals surface area contributed by atoms with Gasteiger partial charge in [-0.05, 0) is 57.9 Å². The fourth-order valence-electron chi connectivity index (χ4n) is 2.85. The molecule has 0 saturated heterocycles. The van der Waals surface area contributed by atoms with Crippen LogP contribution in [0.15, 0.2) is 34.8 Å². The Labute approximate surface area is 140 Å². The first-order chi connectivity index (χ1) is 10.1. The molecule has 0 radical (unpaired) electrons. The van der Waals surface area contributed by atoms with Crippen LogP contribution in [0.25, 0.3) is 0 Å². The molecule has 0 heterocycles. The summed E-state index contributed by atoms with van der Waals surface area (Å²) in [7, 11) is 1.56. The predicted octanol–water partition coefficient (Wildman–Crippen LogP) is 5.57. The molecule has 21 heavy (non-hydrogen) atoms. The van der Waals surface area contributed by atoms with E-state index in [1.54, 1.807) is 13.2 Å². The van der Waals surface area contributed by atoms with Gasteiger partial charge < -0.3 is 4.74 Å². The van der Waals surface area contributed by atoms with Gasteiger partial charge in [0.05, 0.1) is 16.4 Å². The Morgan fingerprint density at radius 1 is 1.14 bits per heavy atom. The molecule has 1 aliphatic carbocycles. The SMILES string of the molecule is COc1cc(F)c(Br)cc1C(Br)c1ccc2c(c1)CCC2. The maximum atomic E-state index is 13.6. The number of fused-ring (bicyclic) bond motifs is 1. The van der Waals surface area contributed by atoms with Crippen molar-refractivity contribution < 1.29 is 9.13 Å². The van der Waals surface area contributed by atoms with E-state index in [-0.39, 0.29) is 10.6 Å². The molecule has 1 unspecified atom stereocenters. The van der Waals surface area contributed by atoms with Gasteiger partial charge in [-0.2, -0.15) is 0 Å². The molecule has 2 aromatic carbocycles. The van der Waals surface area contributed by atoms with Crippen LogP contribution in [0.2, 0.25) is 0 Å². The van der Waals surface area contributed by atoms with Gasteiger partial charge in [-0.15, -0.1) is 0 Å². The normalized spacial score (nSPS) is 14.9. The number of hydrogen-bond acceptors (Lipinski definition) is 1.